The van der Waals surface area contributed by atoms with Crippen molar-refractivity contribution in [1.29, 1.82) is 0 Å². The van der Waals surface area contributed by atoms with Crippen molar-refractivity contribution in [3.63, 3.8) is 0 Å². The fraction of sp³-hybridized carbons (Fsp3) is 0.800. The molecule has 0 saturated carbocycles. The molecule has 1 aliphatic heterocycles. The van der Waals surface area contributed by atoms with Crippen LogP contribution in [0.1, 0.15) is 6.42 Å². The van der Waals surface area contributed by atoms with Crippen LogP contribution in [0.4, 0.5) is 0 Å². The van der Waals surface area contributed by atoms with Gasteiger partial charge in [-0.1, -0.05) is 5.11 Å². The Morgan fingerprint density at radius 1 is 0.659 bits per heavy atom. The fourth-order valence-corrected chi connectivity index (χ4v) is 3.01. The van der Waals surface area contributed by atoms with Gasteiger partial charge in [-0.15, -0.1) is 0 Å². The van der Waals surface area contributed by atoms with E-state index >= 15 is 0 Å². The van der Waals surface area contributed by atoms with Crippen LogP contribution < -0.4 is 5.32 Å². The van der Waals surface area contributed by atoms with E-state index in [1.165, 1.54) is 12.2 Å². The molecule has 16 heteroatoms. The lowest BCUT2D eigenvalue weighted by Crippen LogP contribution is -2.35. The van der Waals surface area contributed by atoms with Gasteiger partial charge in [0.05, 0.1) is 106 Å². The molecule has 0 aromatic carbocycles. The minimum Gasteiger partial charge on any atom is -0.379 e. The molecule has 0 unspecified atom stereocenters. The van der Waals surface area contributed by atoms with Crippen LogP contribution in [0.5, 0.6) is 0 Å². The SMILES string of the molecule is [N-]=[N+]=NCCOCCOCCOCCOCCOCCOCCOCCOCCNC(=O)CCN1C(=O)C=CC1=O. The number of carbonyl (C=O) groups excluding carboxylic acids is 3. The first-order valence-corrected chi connectivity index (χ1v) is 13.6. The first kappa shape index (κ1) is 36.4. The van der Waals surface area contributed by atoms with Crippen LogP contribution in [-0.2, 0) is 52.3 Å². The highest BCUT2D eigenvalue weighted by Crippen LogP contribution is 2.03. The molecular formula is C25H43N5O11. The average Bonchev–Trinajstić information content (AvgIpc) is 3.29. The molecule has 16 nitrogen and oxygen atoms in total. The van der Waals surface area contributed by atoms with Crippen LogP contribution in [0.25, 0.3) is 10.4 Å². The summed E-state index contributed by atoms with van der Waals surface area (Å²) < 4.78 is 43.0. The minimum absolute atomic E-state index is 0.0522. The van der Waals surface area contributed by atoms with E-state index in [2.05, 4.69) is 15.3 Å². The zero-order chi connectivity index (χ0) is 29.6. The topological polar surface area (TPSA) is 189 Å². The lowest BCUT2D eigenvalue weighted by molar-refractivity contribution is -0.137. The number of nitrogens with zero attached hydrogens (tertiary/aromatic N) is 4. The highest BCUT2D eigenvalue weighted by atomic mass is 16.6. The molecule has 0 aromatic heterocycles. The summed E-state index contributed by atoms with van der Waals surface area (Å²) in [6.07, 6.45) is 2.43. The third-order valence-corrected chi connectivity index (χ3v) is 5.03. The smallest absolute Gasteiger partial charge is 0.253 e. The number of imide groups is 1. The molecule has 0 aromatic rings. The van der Waals surface area contributed by atoms with Crippen molar-refractivity contribution in [2.75, 3.05) is 125 Å². The van der Waals surface area contributed by atoms with Crippen LogP contribution in [0, 0.1) is 0 Å². The van der Waals surface area contributed by atoms with E-state index in [9.17, 15) is 14.4 Å². The highest BCUT2D eigenvalue weighted by molar-refractivity contribution is 6.13. The van der Waals surface area contributed by atoms with Crippen LogP contribution >= 0.6 is 0 Å². The van der Waals surface area contributed by atoms with E-state index in [4.69, 9.17) is 43.4 Å². The van der Waals surface area contributed by atoms with E-state index in [-0.39, 0.29) is 18.9 Å². The van der Waals surface area contributed by atoms with E-state index in [0.29, 0.717) is 119 Å². The van der Waals surface area contributed by atoms with Crippen molar-refractivity contribution < 1.29 is 52.3 Å². The predicted octanol–water partition coefficient (Wildman–Crippen LogP) is -0.139. The second-order valence-electron chi connectivity index (χ2n) is 8.11. The largest absolute Gasteiger partial charge is 0.379 e. The number of amides is 3. The maximum absolute atomic E-state index is 11.8. The van der Waals surface area contributed by atoms with Crippen LogP contribution in [0.3, 0.4) is 0 Å². The molecule has 41 heavy (non-hydrogen) atoms. The molecule has 0 bridgehead atoms. The van der Waals surface area contributed by atoms with Gasteiger partial charge in [0.2, 0.25) is 5.91 Å². The molecule has 234 valence electrons. The monoisotopic (exact) mass is 589 g/mol. The maximum atomic E-state index is 11.8. The molecule has 1 N–H and O–H groups in total. The molecule has 0 atom stereocenters. The van der Waals surface area contributed by atoms with Crippen molar-refractivity contribution in [3.8, 4) is 0 Å². The summed E-state index contributed by atoms with van der Waals surface area (Å²) in [5.41, 5.74) is 8.12. The number of azide groups is 1. The lowest BCUT2D eigenvalue weighted by Gasteiger charge is -2.13. The molecule has 1 aliphatic rings. The van der Waals surface area contributed by atoms with E-state index < -0.39 is 11.8 Å². The van der Waals surface area contributed by atoms with Gasteiger partial charge in [-0.05, 0) is 5.53 Å². The van der Waals surface area contributed by atoms with Gasteiger partial charge in [0.25, 0.3) is 11.8 Å². The molecule has 1 heterocycles. The summed E-state index contributed by atoms with van der Waals surface area (Å²) in [5, 5.41) is 6.03. The maximum Gasteiger partial charge on any atom is 0.253 e. The Hall–Kier alpha value is -2.66. The second-order valence-corrected chi connectivity index (χ2v) is 8.11. The zero-order valence-electron chi connectivity index (χ0n) is 23.6. The number of carbonyl (C=O) groups is 3. The van der Waals surface area contributed by atoms with Crippen molar-refractivity contribution in [3.05, 3.63) is 22.6 Å². The van der Waals surface area contributed by atoms with E-state index in [0.717, 1.165) is 4.90 Å². The minimum atomic E-state index is -0.398. The summed E-state index contributed by atoms with van der Waals surface area (Å²) in [6.45, 7) is 7.75. The van der Waals surface area contributed by atoms with Crippen LogP contribution in [0.15, 0.2) is 17.3 Å². The van der Waals surface area contributed by atoms with E-state index in [1.54, 1.807) is 0 Å². The molecule has 0 spiro atoms. The first-order valence-electron chi connectivity index (χ1n) is 13.6. The standard InChI is InChI=1S/C25H43N5O11/c26-29-28-5-8-35-10-12-37-14-16-39-18-20-41-22-21-40-19-17-38-15-13-36-11-9-34-7-4-27-23(31)3-6-30-24(32)1-2-25(30)33/h1-2H,3-22H2,(H,27,31). The van der Waals surface area contributed by atoms with Crippen molar-refractivity contribution in [2.24, 2.45) is 5.11 Å². The molecule has 0 saturated heterocycles. The Morgan fingerprint density at radius 3 is 1.41 bits per heavy atom. The van der Waals surface area contributed by atoms with E-state index in [1.807, 2.05) is 0 Å². The molecule has 0 radical (unpaired) electrons. The fourth-order valence-electron chi connectivity index (χ4n) is 3.01. The average molecular weight is 590 g/mol. The Bertz CT molecular complexity index is 763. The van der Waals surface area contributed by atoms with Gasteiger partial charge in [0, 0.05) is 43.1 Å². The molecule has 1 rings (SSSR count). The zero-order valence-corrected chi connectivity index (χ0v) is 23.6. The first-order chi connectivity index (χ1) is 20.1. The molecule has 3 amide bonds. The van der Waals surface area contributed by atoms with Gasteiger partial charge in [-0.3, -0.25) is 19.3 Å². The lowest BCUT2D eigenvalue weighted by atomic mass is 10.3. The van der Waals surface area contributed by atoms with Crippen LogP contribution in [-0.4, -0.2) is 148 Å². The Balaban J connectivity index is 1.68. The summed E-state index contributed by atoms with van der Waals surface area (Å²) in [4.78, 5) is 38.2. The van der Waals surface area contributed by atoms with Crippen molar-refractivity contribution in [2.45, 2.75) is 6.42 Å². The highest BCUT2D eigenvalue weighted by Gasteiger charge is 2.23. The third kappa shape index (κ3) is 22.7. The van der Waals surface area contributed by atoms with Crippen molar-refractivity contribution >= 4 is 17.7 Å². The summed E-state index contributed by atoms with van der Waals surface area (Å²) in [5.74, 6) is -1.05. The number of rotatable bonds is 30. The van der Waals surface area contributed by atoms with Gasteiger partial charge in [0.1, 0.15) is 0 Å². The van der Waals surface area contributed by atoms with Gasteiger partial charge in [-0.25, -0.2) is 0 Å². The van der Waals surface area contributed by atoms with Crippen LogP contribution in [0.2, 0.25) is 0 Å². The number of hydrogen-bond acceptors (Lipinski definition) is 12. The normalized spacial score (nSPS) is 12.7. The molecule has 0 fully saturated rings. The number of nitrogens with one attached hydrogen (secondary N) is 1. The quantitative estimate of drug-likeness (QED) is 0.0386. The second kappa shape index (κ2) is 27.5. The summed E-state index contributed by atoms with van der Waals surface area (Å²) >= 11 is 0. The number of hydrogen-bond donors (Lipinski definition) is 1. The summed E-state index contributed by atoms with van der Waals surface area (Å²) in [7, 11) is 0. The predicted molar refractivity (Wildman–Crippen MR) is 144 cm³/mol. The third-order valence-electron chi connectivity index (χ3n) is 5.03. The van der Waals surface area contributed by atoms with Gasteiger partial charge in [-0.2, -0.15) is 0 Å². The van der Waals surface area contributed by atoms with Gasteiger partial charge < -0.3 is 43.2 Å². The molecular weight excluding hydrogens is 546 g/mol. The summed E-state index contributed by atoms with van der Waals surface area (Å²) in [6, 6.07) is 0. The number of ether oxygens (including phenoxy) is 8. The Labute approximate surface area is 240 Å². The van der Waals surface area contributed by atoms with Crippen molar-refractivity contribution in [1.82, 2.24) is 10.2 Å². The molecule has 0 aliphatic carbocycles. The Kier molecular flexibility index (Phi) is 24.4. The van der Waals surface area contributed by atoms with Gasteiger partial charge in [0.15, 0.2) is 0 Å². The Morgan fingerprint density at radius 2 is 1.02 bits per heavy atom. The van der Waals surface area contributed by atoms with Gasteiger partial charge >= 0.3 is 0 Å².